The molecule has 1 aromatic heterocycles. The van der Waals surface area contributed by atoms with Gasteiger partial charge in [0.1, 0.15) is 17.6 Å². The van der Waals surface area contributed by atoms with Gasteiger partial charge in [-0.05, 0) is 37.3 Å². The first-order valence-corrected chi connectivity index (χ1v) is 11.1. The Morgan fingerprint density at radius 1 is 1.23 bits per heavy atom. The van der Waals surface area contributed by atoms with Gasteiger partial charge in [-0.3, -0.25) is 14.5 Å². The molecule has 0 spiro atoms. The molecule has 162 valence electrons. The Labute approximate surface area is 183 Å². The van der Waals surface area contributed by atoms with E-state index in [2.05, 4.69) is 10.6 Å². The van der Waals surface area contributed by atoms with E-state index in [0.717, 1.165) is 40.2 Å². The molecule has 31 heavy (non-hydrogen) atoms. The van der Waals surface area contributed by atoms with Gasteiger partial charge in [-0.25, -0.2) is 9.59 Å². The fraction of sp³-hybridized carbons (Fsp3) is 0.364. The van der Waals surface area contributed by atoms with Gasteiger partial charge in [0.2, 0.25) is 5.91 Å². The van der Waals surface area contributed by atoms with Crippen LogP contribution < -0.4 is 10.6 Å². The Morgan fingerprint density at radius 2 is 2.00 bits per heavy atom. The highest BCUT2D eigenvalue weighted by molar-refractivity contribution is 7.17. The van der Waals surface area contributed by atoms with Crippen LogP contribution in [0.15, 0.2) is 30.3 Å². The Hall–Kier alpha value is -3.20. The third kappa shape index (κ3) is 4.32. The Balaban J connectivity index is 1.44. The molecular formula is C22H23N3O5S. The molecule has 1 aromatic carbocycles. The van der Waals surface area contributed by atoms with E-state index in [-0.39, 0.29) is 6.61 Å². The molecule has 1 saturated heterocycles. The summed E-state index contributed by atoms with van der Waals surface area (Å²) in [5.74, 6) is -1.44. The summed E-state index contributed by atoms with van der Waals surface area (Å²) in [6, 6.07) is 8.05. The maximum Gasteiger partial charge on any atom is 0.341 e. The molecule has 2 aromatic rings. The molecule has 1 atom stereocenters. The number of aryl methyl sites for hydroxylation is 1. The summed E-state index contributed by atoms with van der Waals surface area (Å²) in [4.78, 5) is 52.0. The molecule has 9 heteroatoms. The SMILES string of the molecule is CCOC(=O)c1c(NC(=O)CN2C(=O)NC(Cc3ccccc3)C2=O)sc2c1CCC2. The average molecular weight is 442 g/mol. The second kappa shape index (κ2) is 8.89. The minimum absolute atomic E-state index is 0.238. The highest BCUT2D eigenvalue weighted by atomic mass is 32.1. The summed E-state index contributed by atoms with van der Waals surface area (Å²) >= 11 is 1.36. The van der Waals surface area contributed by atoms with E-state index >= 15 is 0 Å². The van der Waals surface area contributed by atoms with E-state index in [1.54, 1.807) is 6.92 Å². The number of carbonyl (C=O) groups is 4. The van der Waals surface area contributed by atoms with Crippen molar-refractivity contribution in [2.24, 2.45) is 0 Å². The zero-order valence-electron chi connectivity index (χ0n) is 17.1. The number of imide groups is 1. The number of benzene rings is 1. The Bertz CT molecular complexity index is 1030. The fourth-order valence-corrected chi connectivity index (χ4v) is 5.23. The maximum atomic E-state index is 12.7. The van der Waals surface area contributed by atoms with E-state index in [1.165, 1.54) is 11.3 Å². The van der Waals surface area contributed by atoms with Crippen LogP contribution in [-0.2, 0) is 33.6 Å². The van der Waals surface area contributed by atoms with Gasteiger partial charge < -0.3 is 15.4 Å². The van der Waals surface area contributed by atoms with Gasteiger partial charge in [0.05, 0.1) is 12.2 Å². The van der Waals surface area contributed by atoms with Gasteiger partial charge in [0, 0.05) is 11.3 Å². The third-order valence-electron chi connectivity index (χ3n) is 5.35. The standard InChI is InChI=1S/C22H23N3O5S/c1-2-30-21(28)18-14-9-6-10-16(14)31-19(18)24-17(26)12-25-20(27)15(23-22(25)29)11-13-7-4-3-5-8-13/h3-5,7-8,15H,2,6,9-12H2,1H3,(H,23,29)(H,24,26). The van der Waals surface area contributed by atoms with Crippen molar-refractivity contribution in [2.45, 2.75) is 38.6 Å². The zero-order valence-corrected chi connectivity index (χ0v) is 17.9. The lowest BCUT2D eigenvalue weighted by Gasteiger charge is -2.13. The first-order valence-electron chi connectivity index (χ1n) is 10.2. The summed E-state index contributed by atoms with van der Waals surface area (Å²) < 4.78 is 5.16. The predicted octanol–water partition coefficient (Wildman–Crippen LogP) is 2.52. The van der Waals surface area contributed by atoms with Crippen molar-refractivity contribution >= 4 is 40.2 Å². The monoisotopic (exact) mass is 441 g/mol. The van der Waals surface area contributed by atoms with Crippen LogP contribution in [0.4, 0.5) is 9.80 Å². The number of amides is 4. The predicted molar refractivity (Wildman–Crippen MR) is 115 cm³/mol. The second-order valence-corrected chi connectivity index (χ2v) is 8.55. The number of hydrogen-bond acceptors (Lipinski definition) is 6. The van der Waals surface area contributed by atoms with Crippen LogP contribution in [0.25, 0.3) is 0 Å². The number of fused-ring (bicyclic) bond motifs is 1. The average Bonchev–Trinajstić information content (AvgIpc) is 3.39. The highest BCUT2D eigenvalue weighted by Crippen LogP contribution is 2.39. The van der Waals surface area contributed by atoms with Gasteiger partial charge in [-0.2, -0.15) is 0 Å². The number of carbonyl (C=O) groups excluding carboxylic acids is 4. The van der Waals surface area contributed by atoms with Crippen LogP contribution in [0.2, 0.25) is 0 Å². The molecule has 2 N–H and O–H groups in total. The number of urea groups is 1. The number of nitrogens with zero attached hydrogens (tertiary/aromatic N) is 1. The minimum atomic E-state index is -0.705. The maximum absolute atomic E-state index is 12.7. The first-order chi connectivity index (χ1) is 15.0. The Kier molecular flexibility index (Phi) is 6.03. The van der Waals surface area contributed by atoms with Crippen LogP contribution >= 0.6 is 11.3 Å². The summed E-state index contributed by atoms with van der Waals surface area (Å²) in [5, 5.41) is 5.77. The van der Waals surface area contributed by atoms with Gasteiger partial charge in [0.25, 0.3) is 5.91 Å². The van der Waals surface area contributed by atoms with Crippen LogP contribution in [0.1, 0.15) is 39.7 Å². The van der Waals surface area contributed by atoms with E-state index in [9.17, 15) is 19.2 Å². The van der Waals surface area contributed by atoms with Gasteiger partial charge in [-0.1, -0.05) is 30.3 Å². The van der Waals surface area contributed by atoms with Crippen molar-refractivity contribution in [1.29, 1.82) is 0 Å². The van der Waals surface area contributed by atoms with Crippen molar-refractivity contribution in [3.05, 3.63) is 51.9 Å². The molecule has 0 bridgehead atoms. The summed E-state index contributed by atoms with van der Waals surface area (Å²) in [6.07, 6.45) is 2.95. The minimum Gasteiger partial charge on any atom is -0.462 e. The number of thiophene rings is 1. The number of ether oxygens (including phenoxy) is 1. The molecule has 2 heterocycles. The molecule has 1 unspecified atom stereocenters. The number of nitrogens with one attached hydrogen (secondary N) is 2. The summed E-state index contributed by atoms with van der Waals surface area (Å²) in [5.41, 5.74) is 2.24. The van der Waals surface area contributed by atoms with Crippen molar-refractivity contribution in [1.82, 2.24) is 10.2 Å². The van der Waals surface area contributed by atoms with Crippen LogP contribution in [0, 0.1) is 0 Å². The lowest BCUT2D eigenvalue weighted by Crippen LogP contribution is -2.38. The lowest BCUT2D eigenvalue weighted by atomic mass is 10.1. The summed E-state index contributed by atoms with van der Waals surface area (Å²) in [6.45, 7) is 1.55. The van der Waals surface area contributed by atoms with E-state index in [1.807, 2.05) is 30.3 Å². The van der Waals surface area contributed by atoms with Crippen molar-refractivity contribution in [3.63, 3.8) is 0 Å². The molecule has 1 aliphatic heterocycles. The van der Waals surface area contributed by atoms with Crippen molar-refractivity contribution in [2.75, 3.05) is 18.5 Å². The highest BCUT2D eigenvalue weighted by Gasteiger charge is 2.39. The van der Waals surface area contributed by atoms with E-state index in [4.69, 9.17) is 4.74 Å². The van der Waals surface area contributed by atoms with Crippen molar-refractivity contribution < 1.29 is 23.9 Å². The topological polar surface area (TPSA) is 105 Å². The number of esters is 1. The van der Waals surface area contributed by atoms with Gasteiger partial charge in [-0.15, -0.1) is 11.3 Å². The molecule has 1 fully saturated rings. The van der Waals surface area contributed by atoms with E-state index in [0.29, 0.717) is 17.0 Å². The van der Waals surface area contributed by atoms with E-state index < -0.39 is 36.4 Å². The first kappa shape index (κ1) is 21.0. The molecule has 4 rings (SSSR count). The molecule has 0 radical (unpaired) electrons. The largest absolute Gasteiger partial charge is 0.462 e. The third-order valence-corrected chi connectivity index (χ3v) is 6.55. The number of hydrogen-bond donors (Lipinski definition) is 2. The molecule has 1 aliphatic carbocycles. The molecule has 4 amide bonds. The number of rotatable bonds is 7. The van der Waals surface area contributed by atoms with Crippen LogP contribution in [0.5, 0.6) is 0 Å². The number of anilines is 1. The van der Waals surface area contributed by atoms with Gasteiger partial charge in [0.15, 0.2) is 0 Å². The quantitative estimate of drug-likeness (QED) is 0.507. The van der Waals surface area contributed by atoms with Crippen molar-refractivity contribution in [3.8, 4) is 0 Å². The molecular weight excluding hydrogens is 418 g/mol. The van der Waals surface area contributed by atoms with Gasteiger partial charge >= 0.3 is 12.0 Å². The smallest absolute Gasteiger partial charge is 0.341 e. The molecule has 0 saturated carbocycles. The van der Waals surface area contributed by atoms with Crippen LogP contribution in [0.3, 0.4) is 0 Å². The second-order valence-electron chi connectivity index (χ2n) is 7.45. The molecule has 2 aliphatic rings. The lowest BCUT2D eigenvalue weighted by molar-refractivity contribution is -0.130. The Morgan fingerprint density at radius 3 is 2.74 bits per heavy atom. The molecule has 8 nitrogen and oxygen atoms in total. The van der Waals surface area contributed by atoms with Crippen LogP contribution in [-0.4, -0.2) is 47.9 Å². The normalized spacial score (nSPS) is 17.5. The summed E-state index contributed by atoms with van der Waals surface area (Å²) in [7, 11) is 0. The fourth-order valence-electron chi connectivity index (χ4n) is 3.94. The zero-order chi connectivity index (χ0) is 22.0.